The Morgan fingerprint density at radius 2 is 1.87 bits per heavy atom. The molecule has 9 heteroatoms. The first-order chi connectivity index (χ1) is 18.1. The minimum absolute atomic E-state index is 0.0128. The van der Waals surface area contributed by atoms with Crippen molar-refractivity contribution < 1.29 is 14.3 Å². The van der Waals surface area contributed by atoms with Gasteiger partial charge in [-0.05, 0) is 62.1 Å². The van der Waals surface area contributed by atoms with Crippen LogP contribution < -0.4 is 0 Å². The molecule has 2 aliphatic carbocycles. The third kappa shape index (κ3) is 4.01. The van der Waals surface area contributed by atoms with E-state index in [1.165, 1.54) is 0 Å². The molecule has 1 aliphatic heterocycles. The summed E-state index contributed by atoms with van der Waals surface area (Å²) in [6.07, 6.45) is 5.57. The van der Waals surface area contributed by atoms with Gasteiger partial charge in [-0.25, -0.2) is 9.78 Å². The van der Waals surface area contributed by atoms with Crippen LogP contribution in [-0.2, 0) is 17.2 Å². The topological polar surface area (TPSA) is 80.6 Å². The van der Waals surface area contributed by atoms with Crippen molar-refractivity contribution in [2.45, 2.75) is 50.2 Å². The summed E-state index contributed by atoms with van der Waals surface area (Å²) in [5, 5.41) is 0.610. The number of hydrogen-bond donors (Lipinski definition) is 0. The largest absolute Gasteiger partial charge is 0.444 e. The first-order valence-corrected chi connectivity index (χ1v) is 13.5. The lowest BCUT2D eigenvalue weighted by atomic mass is 9.83. The molecule has 3 aromatic rings. The number of hydrogen-bond acceptors (Lipinski definition) is 6. The summed E-state index contributed by atoms with van der Waals surface area (Å²) in [6, 6.07) is 9.85. The Labute approximate surface area is 227 Å². The minimum atomic E-state index is -0.709. The van der Waals surface area contributed by atoms with E-state index < -0.39 is 11.0 Å². The number of rotatable bonds is 3. The van der Waals surface area contributed by atoms with Crippen molar-refractivity contribution in [1.29, 1.82) is 0 Å². The van der Waals surface area contributed by atoms with E-state index in [0.717, 1.165) is 22.4 Å². The molecule has 0 bridgehead atoms. The molecular formula is C29H32ClN5O3. The predicted molar refractivity (Wildman–Crippen MR) is 143 cm³/mol. The lowest BCUT2D eigenvalue weighted by molar-refractivity contribution is 0.0117. The molecule has 1 saturated carbocycles. The van der Waals surface area contributed by atoms with Crippen LogP contribution in [0.25, 0.3) is 0 Å². The van der Waals surface area contributed by atoms with Crippen LogP contribution in [0.2, 0.25) is 5.02 Å². The number of nitrogens with zero attached hydrogens (tertiary/aromatic N) is 5. The lowest BCUT2D eigenvalue weighted by Gasteiger charge is -2.40. The monoisotopic (exact) mass is 533 g/mol. The first-order valence-electron chi connectivity index (χ1n) is 13.1. The highest BCUT2D eigenvalue weighted by Crippen LogP contribution is 2.66. The number of carbonyl (C=O) groups is 2. The van der Waals surface area contributed by atoms with Gasteiger partial charge in [0.25, 0.3) is 0 Å². The van der Waals surface area contributed by atoms with E-state index in [4.69, 9.17) is 21.3 Å². The van der Waals surface area contributed by atoms with Crippen molar-refractivity contribution in [3.8, 4) is 0 Å². The third-order valence-electron chi connectivity index (χ3n) is 8.04. The molecule has 0 spiro atoms. The molecule has 2 aromatic heterocycles. The fraction of sp³-hybridized carbons (Fsp3) is 0.448. The third-order valence-corrected chi connectivity index (χ3v) is 8.28. The van der Waals surface area contributed by atoms with E-state index in [-0.39, 0.29) is 23.8 Å². The number of benzene rings is 1. The first kappa shape index (κ1) is 25.1. The van der Waals surface area contributed by atoms with Crippen LogP contribution in [0, 0.1) is 0 Å². The summed E-state index contributed by atoms with van der Waals surface area (Å²) in [4.78, 5) is 40.2. The molecule has 3 atom stereocenters. The van der Waals surface area contributed by atoms with Crippen LogP contribution >= 0.6 is 11.6 Å². The van der Waals surface area contributed by atoms with Crippen molar-refractivity contribution in [2.75, 3.05) is 26.2 Å². The molecule has 0 unspecified atom stereocenters. The summed E-state index contributed by atoms with van der Waals surface area (Å²) in [5.74, 6) is 0.0788. The number of piperazine rings is 1. The maximum absolute atomic E-state index is 14.2. The van der Waals surface area contributed by atoms with Gasteiger partial charge in [0.15, 0.2) is 5.78 Å². The summed E-state index contributed by atoms with van der Waals surface area (Å²) in [5.41, 5.74) is 3.45. The van der Waals surface area contributed by atoms with Crippen LogP contribution in [-0.4, -0.2) is 68.0 Å². The van der Waals surface area contributed by atoms with Gasteiger partial charge in [0.1, 0.15) is 11.3 Å². The second kappa shape index (κ2) is 8.92. The number of ketones is 1. The average molecular weight is 534 g/mol. The van der Waals surface area contributed by atoms with Gasteiger partial charge in [-0.3, -0.25) is 14.7 Å². The number of Topliss-reactive ketones (excluding diaryl/α,β-unsaturated/α-hetero) is 1. The summed E-state index contributed by atoms with van der Waals surface area (Å²) >= 11 is 6.57. The van der Waals surface area contributed by atoms with E-state index in [1.807, 2.05) is 52.2 Å². The SMILES string of the molecule is Cn1cncc1C(=O)[C@]12C[C@H]1c1cccnc1[C@@H](N1CCN(C(=O)OC(C)(C)C)CC1)c1ccc(Cl)cc12. The molecule has 1 saturated heterocycles. The highest BCUT2D eigenvalue weighted by molar-refractivity contribution is 6.30. The molecule has 1 amide bonds. The molecule has 0 radical (unpaired) electrons. The maximum atomic E-state index is 14.2. The maximum Gasteiger partial charge on any atom is 0.410 e. The lowest BCUT2D eigenvalue weighted by Crippen LogP contribution is -2.51. The normalized spacial score (nSPS) is 24.6. The van der Waals surface area contributed by atoms with Crippen molar-refractivity contribution in [2.24, 2.45) is 7.05 Å². The summed E-state index contributed by atoms with van der Waals surface area (Å²) < 4.78 is 7.40. The smallest absolute Gasteiger partial charge is 0.410 e. The summed E-state index contributed by atoms with van der Waals surface area (Å²) in [6.45, 7) is 8.07. The number of fused-ring (bicyclic) bond motifs is 5. The highest BCUT2D eigenvalue weighted by Gasteiger charge is 2.65. The van der Waals surface area contributed by atoms with E-state index in [0.29, 0.717) is 43.3 Å². The molecule has 6 rings (SSSR count). The van der Waals surface area contributed by atoms with E-state index in [2.05, 4.69) is 22.0 Å². The minimum Gasteiger partial charge on any atom is -0.444 e. The van der Waals surface area contributed by atoms with Crippen LogP contribution in [0.4, 0.5) is 4.79 Å². The molecule has 38 heavy (non-hydrogen) atoms. The number of pyridine rings is 1. The van der Waals surface area contributed by atoms with Crippen molar-refractivity contribution in [3.05, 3.63) is 82.2 Å². The van der Waals surface area contributed by atoms with E-state index in [1.54, 1.807) is 22.0 Å². The van der Waals surface area contributed by atoms with E-state index in [9.17, 15) is 9.59 Å². The van der Waals surface area contributed by atoms with Gasteiger partial charge in [-0.1, -0.05) is 23.7 Å². The fourth-order valence-electron chi connectivity index (χ4n) is 6.23. The highest BCUT2D eigenvalue weighted by atomic mass is 35.5. The van der Waals surface area contributed by atoms with Gasteiger partial charge in [0.2, 0.25) is 0 Å². The van der Waals surface area contributed by atoms with Crippen molar-refractivity contribution in [1.82, 2.24) is 24.3 Å². The number of halogens is 1. The molecule has 1 aromatic carbocycles. The molecule has 3 aliphatic rings. The molecule has 8 nitrogen and oxygen atoms in total. The van der Waals surface area contributed by atoms with Crippen LogP contribution in [0.15, 0.2) is 49.1 Å². The quantitative estimate of drug-likeness (QED) is 0.453. The number of imidazole rings is 1. The standard InChI is InChI=1S/C29H32ClN5O3/c1-28(2,3)38-27(37)35-12-10-34(11-13-35)25-20-8-7-18(30)14-21(20)29(26(36)23-16-31-17-33(23)4)15-22(29)19-6-5-9-32-24(19)25/h5-9,14,16-17,22,25H,10-13,15H2,1-4H3/t22-,25-,29-/m0/s1. The van der Waals surface area contributed by atoms with E-state index >= 15 is 0 Å². The van der Waals surface area contributed by atoms with Crippen molar-refractivity contribution in [3.63, 3.8) is 0 Å². The Hall–Kier alpha value is -3.23. The van der Waals surface area contributed by atoms with Gasteiger partial charge >= 0.3 is 6.09 Å². The zero-order valence-corrected chi connectivity index (χ0v) is 22.9. The molecule has 198 valence electrons. The molecule has 0 N–H and O–H groups in total. The number of aryl methyl sites for hydroxylation is 1. The van der Waals surface area contributed by atoms with Gasteiger partial charge in [-0.15, -0.1) is 0 Å². The van der Waals surface area contributed by atoms with Crippen LogP contribution in [0.1, 0.15) is 72.0 Å². The zero-order valence-electron chi connectivity index (χ0n) is 22.1. The van der Waals surface area contributed by atoms with Crippen LogP contribution in [0.3, 0.4) is 0 Å². The zero-order chi connectivity index (χ0) is 26.8. The number of ether oxygens (including phenoxy) is 1. The Kier molecular flexibility index (Phi) is 5.88. The predicted octanol–water partition coefficient (Wildman–Crippen LogP) is 4.73. The summed E-state index contributed by atoms with van der Waals surface area (Å²) in [7, 11) is 1.85. The number of amides is 1. The number of aromatic nitrogens is 3. The molecular weight excluding hydrogens is 502 g/mol. The van der Waals surface area contributed by atoms with Gasteiger partial charge in [0.05, 0.1) is 29.7 Å². The number of carbonyl (C=O) groups excluding carboxylic acids is 2. The fourth-order valence-corrected chi connectivity index (χ4v) is 6.40. The van der Waals surface area contributed by atoms with Crippen LogP contribution in [0.5, 0.6) is 0 Å². The van der Waals surface area contributed by atoms with Gasteiger partial charge in [-0.2, -0.15) is 0 Å². The second-order valence-electron chi connectivity index (χ2n) is 11.6. The van der Waals surface area contributed by atoms with Crippen molar-refractivity contribution >= 4 is 23.5 Å². The average Bonchev–Trinajstić information content (AvgIpc) is 3.51. The molecule has 2 fully saturated rings. The Bertz CT molecular complexity index is 1420. The molecule has 3 heterocycles. The Morgan fingerprint density at radius 1 is 1.11 bits per heavy atom. The van der Waals surface area contributed by atoms with Gasteiger partial charge in [0, 0.05) is 50.4 Å². The Balaban J connectivity index is 1.41. The Morgan fingerprint density at radius 3 is 2.55 bits per heavy atom. The van der Waals surface area contributed by atoms with Gasteiger partial charge < -0.3 is 14.2 Å². The second-order valence-corrected chi connectivity index (χ2v) is 12.0.